The summed E-state index contributed by atoms with van der Waals surface area (Å²) in [6, 6.07) is 6.07. The van der Waals surface area contributed by atoms with E-state index in [1.807, 2.05) is 32.9 Å². The first-order valence-corrected chi connectivity index (χ1v) is 7.21. The van der Waals surface area contributed by atoms with Crippen molar-refractivity contribution in [3.05, 3.63) is 23.8 Å². The lowest BCUT2D eigenvalue weighted by atomic mass is 9.98. The zero-order valence-electron chi connectivity index (χ0n) is 12.6. The summed E-state index contributed by atoms with van der Waals surface area (Å²) in [6.07, 6.45) is 0.718. The standard InChI is InChI=1S/C15H20N4O2/c1-15(2,3)21-14(20)19-7-6-11(9-19)10-4-5-12-13(8-10)17-18-16-12/h4-5,8,11H,6-7,9H2,1-3H3,(H,16,17,18). The number of carbonyl (C=O) groups excluding carboxylic acids is 1. The molecule has 6 nitrogen and oxygen atoms in total. The minimum atomic E-state index is -0.450. The molecule has 6 heteroatoms. The van der Waals surface area contributed by atoms with Crippen molar-refractivity contribution >= 4 is 17.1 Å². The molecule has 1 aromatic carbocycles. The predicted octanol–water partition coefficient (Wildman–Crippen LogP) is 2.68. The molecule has 21 heavy (non-hydrogen) atoms. The molecule has 1 unspecified atom stereocenters. The van der Waals surface area contributed by atoms with Gasteiger partial charge in [0.25, 0.3) is 0 Å². The number of hydrogen-bond donors (Lipinski definition) is 1. The van der Waals surface area contributed by atoms with Gasteiger partial charge in [0.15, 0.2) is 0 Å². The number of nitrogens with zero attached hydrogens (tertiary/aromatic N) is 3. The molecule has 0 aliphatic carbocycles. The van der Waals surface area contributed by atoms with Gasteiger partial charge in [-0.3, -0.25) is 0 Å². The fraction of sp³-hybridized carbons (Fsp3) is 0.533. The third-order valence-corrected chi connectivity index (χ3v) is 3.65. The van der Waals surface area contributed by atoms with E-state index in [1.54, 1.807) is 4.90 Å². The van der Waals surface area contributed by atoms with Crippen LogP contribution in [0.4, 0.5) is 4.79 Å². The number of nitrogens with one attached hydrogen (secondary N) is 1. The van der Waals surface area contributed by atoms with Crippen LogP contribution in [0.15, 0.2) is 18.2 Å². The highest BCUT2D eigenvalue weighted by atomic mass is 16.6. The number of ether oxygens (including phenoxy) is 1. The molecule has 3 rings (SSSR count). The number of H-pyrrole nitrogens is 1. The minimum Gasteiger partial charge on any atom is -0.444 e. The van der Waals surface area contributed by atoms with Gasteiger partial charge in [0.05, 0.1) is 0 Å². The van der Waals surface area contributed by atoms with Gasteiger partial charge in [-0.2, -0.15) is 15.4 Å². The number of aromatic nitrogens is 3. The first-order chi connectivity index (χ1) is 9.92. The Kier molecular flexibility index (Phi) is 3.31. The summed E-state index contributed by atoms with van der Waals surface area (Å²) < 4.78 is 5.42. The topological polar surface area (TPSA) is 71.1 Å². The minimum absolute atomic E-state index is 0.229. The second-order valence-corrected chi connectivity index (χ2v) is 6.48. The van der Waals surface area contributed by atoms with Crippen LogP contribution in [0.2, 0.25) is 0 Å². The van der Waals surface area contributed by atoms with Crippen molar-refractivity contribution in [3.8, 4) is 0 Å². The monoisotopic (exact) mass is 288 g/mol. The highest BCUT2D eigenvalue weighted by molar-refractivity contribution is 5.74. The summed E-state index contributed by atoms with van der Waals surface area (Å²) in [7, 11) is 0. The summed E-state index contributed by atoms with van der Waals surface area (Å²) in [5.74, 6) is 0.332. The molecule has 0 bridgehead atoms. The van der Waals surface area contributed by atoms with Crippen LogP contribution < -0.4 is 0 Å². The van der Waals surface area contributed by atoms with E-state index in [0.717, 1.165) is 24.0 Å². The van der Waals surface area contributed by atoms with Gasteiger partial charge in [-0.25, -0.2) is 4.79 Å². The Balaban J connectivity index is 1.70. The first kappa shape index (κ1) is 13.9. The number of carbonyl (C=O) groups is 1. The molecule has 1 amide bonds. The van der Waals surface area contributed by atoms with Crippen LogP contribution in [0.1, 0.15) is 38.7 Å². The van der Waals surface area contributed by atoms with Gasteiger partial charge in [-0.05, 0) is 44.9 Å². The number of amides is 1. The number of aromatic amines is 1. The second-order valence-electron chi connectivity index (χ2n) is 6.48. The van der Waals surface area contributed by atoms with Crippen LogP contribution in [0.3, 0.4) is 0 Å². The molecule has 0 spiro atoms. The molecule has 1 atom stereocenters. The average Bonchev–Trinajstić information content (AvgIpc) is 3.05. The highest BCUT2D eigenvalue weighted by Gasteiger charge is 2.30. The van der Waals surface area contributed by atoms with Crippen LogP contribution >= 0.6 is 0 Å². The van der Waals surface area contributed by atoms with Crippen LogP contribution in [-0.4, -0.2) is 45.1 Å². The number of hydrogen-bond acceptors (Lipinski definition) is 4. The lowest BCUT2D eigenvalue weighted by Crippen LogP contribution is -2.35. The van der Waals surface area contributed by atoms with Gasteiger partial charge in [0, 0.05) is 19.0 Å². The van der Waals surface area contributed by atoms with E-state index < -0.39 is 5.60 Å². The zero-order valence-corrected chi connectivity index (χ0v) is 12.6. The number of benzene rings is 1. The van der Waals surface area contributed by atoms with Crippen LogP contribution in [0, 0.1) is 0 Å². The normalized spacial score (nSPS) is 19.2. The maximum Gasteiger partial charge on any atom is 0.410 e. The van der Waals surface area contributed by atoms with Gasteiger partial charge in [-0.15, -0.1) is 0 Å². The van der Waals surface area contributed by atoms with E-state index in [2.05, 4.69) is 21.5 Å². The molecular formula is C15H20N4O2. The Hall–Kier alpha value is -2.11. The maximum absolute atomic E-state index is 12.1. The van der Waals surface area contributed by atoms with Crippen molar-refractivity contribution in [3.63, 3.8) is 0 Å². The lowest BCUT2D eigenvalue weighted by Gasteiger charge is -2.24. The quantitative estimate of drug-likeness (QED) is 0.875. The van der Waals surface area contributed by atoms with Gasteiger partial charge >= 0.3 is 6.09 Å². The highest BCUT2D eigenvalue weighted by Crippen LogP contribution is 2.29. The Morgan fingerprint density at radius 2 is 2.10 bits per heavy atom. The molecule has 1 fully saturated rings. The molecular weight excluding hydrogens is 268 g/mol. The van der Waals surface area contributed by atoms with E-state index in [4.69, 9.17) is 4.74 Å². The van der Waals surface area contributed by atoms with E-state index >= 15 is 0 Å². The van der Waals surface area contributed by atoms with Crippen molar-refractivity contribution in [2.24, 2.45) is 0 Å². The molecule has 0 radical (unpaired) electrons. The fourth-order valence-electron chi connectivity index (χ4n) is 2.64. The SMILES string of the molecule is CC(C)(C)OC(=O)N1CCC(c2ccc3n[nH]nc3c2)C1. The smallest absolute Gasteiger partial charge is 0.410 e. The Morgan fingerprint density at radius 1 is 1.33 bits per heavy atom. The molecule has 112 valence electrons. The summed E-state index contributed by atoms with van der Waals surface area (Å²) in [4.78, 5) is 13.9. The Labute approximate surface area is 123 Å². The molecule has 1 saturated heterocycles. The molecule has 2 aromatic rings. The van der Waals surface area contributed by atoms with Gasteiger partial charge in [-0.1, -0.05) is 6.07 Å². The number of rotatable bonds is 1. The predicted molar refractivity (Wildman–Crippen MR) is 79.1 cm³/mol. The van der Waals surface area contributed by atoms with Crippen molar-refractivity contribution in [2.75, 3.05) is 13.1 Å². The third-order valence-electron chi connectivity index (χ3n) is 3.65. The van der Waals surface area contributed by atoms with Crippen LogP contribution in [-0.2, 0) is 4.74 Å². The number of likely N-dealkylation sites (tertiary alicyclic amines) is 1. The summed E-state index contributed by atoms with van der Waals surface area (Å²) in [6.45, 7) is 7.08. The summed E-state index contributed by atoms with van der Waals surface area (Å²) in [5.41, 5.74) is 2.47. The van der Waals surface area contributed by atoms with Crippen LogP contribution in [0.25, 0.3) is 11.0 Å². The van der Waals surface area contributed by atoms with Gasteiger partial charge < -0.3 is 9.64 Å². The van der Waals surface area contributed by atoms with E-state index in [0.29, 0.717) is 12.5 Å². The molecule has 1 aliphatic rings. The maximum atomic E-state index is 12.1. The van der Waals surface area contributed by atoms with Crippen LogP contribution in [0.5, 0.6) is 0 Å². The van der Waals surface area contributed by atoms with E-state index in [-0.39, 0.29) is 6.09 Å². The zero-order chi connectivity index (χ0) is 15.0. The molecule has 2 heterocycles. The molecule has 1 N–H and O–H groups in total. The van der Waals surface area contributed by atoms with Crippen molar-refractivity contribution in [1.29, 1.82) is 0 Å². The van der Waals surface area contributed by atoms with Crippen molar-refractivity contribution in [2.45, 2.75) is 38.7 Å². The van der Waals surface area contributed by atoms with Gasteiger partial charge in [0.1, 0.15) is 16.6 Å². The number of fused-ring (bicyclic) bond motifs is 1. The first-order valence-electron chi connectivity index (χ1n) is 7.21. The average molecular weight is 288 g/mol. The second kappa shape index (κ2) is 5.02. The van der Waals surface area contributed by atoms with Crippen molar-refractivity contribution < 1.29 is 9.53 Å². The van der Waals surface area contributed by atoms with Crippen molar-refractivity contribution in [1.82, 2.24) is 20.3 Å². The largest absolute Gasteiger partial charge is 0.444 e. The third kappa shape index (κ3) is 2.99. The molecule has 0 saturated carbocycles. The molecule has 1 aliphatic heterocycles. The Morgan fingerprint density at radius 3 is 2.86 bits per heavy atom. The Bertz CT molecular complexity index is 659. The summed E-state index contributed by atoms with van der Waals surface area (Å²) in [5, 5.41) is 10.8. The fourth-order valence-corrected chi connectivity index (χ4v) is 2.64. The lowest BCUT2D eigenvalue weighted by molar-refractivity contribution is 0.0292. The van der Waals surface area contributed by atoms with E-state index in [9.17, 15) is 4.79 Å². The molecule has 1 aromatic heterocycles. The van der Waals surface area contributed by atoms with E-state index in [1.165, 1.54) is 5.56 Å². The summed E-state index contributed by atoms with van der Waals surface area (Å²) >= 11 is 0. The van der Waals surface area contributed by atoms with Gasteiger partial charge in [0.2, 0.25) is 0 Å².